The highest BCUT2D eigenvalue weighted by atomic mass is 15.1. The fourth-order valence-corrected chi connectivity index (χ4v) is 14.4. The molecule has 0 amide bonds. The maximum Gasteiger partial charge on any atom is 0.0540 e. The van der Waals surface area contributed by atoms with Crippen LogP contribution in [-0.2, 0) is 10.8 Å². The Morgan fingerprint density at radius 3 is 1.60 bits per heavy atom. The van der Waals surface area contributed by atoms with E-state index in [1.54, 1.807) is 5.56 Å². The average Bonchev–Trinajstić information content (AvgIpc) is 3.63. The number of rotatable bonds is 8. The summed E-state index contributed by atoms with van der Waals surface area (Å²) >= 11 is 0. The fourth-order valence-electron chi connectivity index (χ4n) is 14.4. The van der Waals surface area contributed by atoms with Crippen LogP contribution in [-0.4, -0.2) is 0 Å². The molecular weight excluding hydrogens is 843 g/mol. The van der Waals surface area contributed by atoms with Crippen LogP contribution >= 0.6 is 0 Å². The van der Waals surface area contributed by atoms with Gasteiger partial charge in [-0.15, -0.1) is 0 Å². The van der Waals surface area contributed by atoms with Gasteiger partial charge in [0.1, 0.15) is 0 Å². The maximum absolute atomic E-state index is 2.50. The number of hydrogen-bond donors (Lipinski definition) is 0. The number of benzene rings is 10. The van der Waals surface area contributed by atoms with Gasteiger partial charge in [0.2, 0.25) is 0 Å². The lowest BCUT2D eigenvalue weighted by Gasteiger charge is -2.57. The molecule has 4 fully saturated rings. The Kier molecular flexibility index (Phi) is 9.51. The van der Waals surface area contributed by atoms with E-state index >= 15 is 0 Å². The second-order valence-corrected chi connectivity index (χ2v) is 22.0. The van der Waals surface area contributed by atoms with Crippen LogP contribution in [0.3, 0.4) is 0 Å². The first-order valence-corrected chi connectivity index (χ1v) is 25.8. The molecule has 0 unspecified atom stereocenters. The highest BCUT2D eigenvalue weighted by molar-refractivity contribution is 6.03. The third kappa shape index (κ3) is 6.80. The Morgan fingerprint density at radius 1 is 0.357 bits per heavy atom. The first-order valence-electron chi connectivity index (χ1n) is 25.8. The molecule has 10 aromatic carbocycles. The standard InChI is InChI=1S/C69H57N/c1-68(2)65-17-8-7-15-62(65)63-34-33-59(41-66(63)68)70(58-31-26-52(27-32-58)55-23-22-48-10-3-4-12-54(48)39-55)67-35-28-56(40-64(67)61-16-9-13-53-11-5-6-14-60(53)61)51-20-18-49(19-21-51)50-24-29-57(30-25-50)69-42-45-36-46(43-69)38-47(37-45)44-69/h3-35,39-41,45-47H,36-38,42-44H2,1-2H3. The quantitative estimate of drug-likeness (QED) is 0.147. The highest BCUT2D eigenvalue weighted by Gasteiger charge is 2.51. The van der Waals surface area contributed by atoms with Crippen LogP contribution in [0.25, 0.3) is 77.2 Å². The van der Waals surface area contributed by atoms with E-state index in [0.717, 1.165) is 34.8 Å². The summed E-state index contributed by atoms with van der Waals surface area (Å²) in [6.07, 6.45) is 8.67. The zero-order chi connectivity index (χ0) is 46.6. The van der Waals surface area contributed by atoms with E-state index in [1.165, 1.54) is 127 Å². The van der Waals surface area contributed by atoms with Crippen LogP contribution < -0.4 is 4.90 Å². The van der Waals surface area contributed by atoms with Crippen molar-refractivity contribution in [2.45, 2.75) is 63.2 Å². The van der Waals surface area contributed by atoms with E-state index in [0.29, 0.717) is 5.41 Å². The Bertz CT molecular complexity index is 3610. The van der Waals surface area contributed by atoms with Crippen molar-refractivity contribution < 1.29 is 0 Å². The zero-order valence-corrected chi connectivity index (χ0v) is 40.2. The third-order valence-electron chi connectivity index (χ3n) is 17.4. The molecule has 1 nitrogen and oxygen atoms in total. The zero-order valence-electron chi connectivity index (χ0n) is 40.2. The van der Waals surface area contributed by atoms with E-state index in [-0.39, 0.29) is 5.41 Å². The van der Waals surface area contributed by atoms with Crippen molar-refractivity contribution in [2.75, 3.05) is 4.90 Å². The van der Waals surface area contributed by atoms with Crippen molar-refractivity contribution in [3.05, 3.63) is 235 Å². The van der Waals surface area contributed by atoms with Gasteiger partial charge in [0.25, 0.3) is 0 Å². The predicted octanol–water partition coefficient (Wildman–Crippen LogP) is 18.9. The second kappa shape index (κ2) is 16.0. The summed E-state index contributed by atoms with van der Waals surface area (Å²) in [4.78, 5) is 2.50. The molecule has 15 rings (SSSR count). The van der Waals surface area contributed by atoms with Crippen molar-refractivity contribution in [1.82, 2.24) is 0 Å². The molecule has 0 radical (unpaired) electrons. The normalized spacial score (nSPS) is 20.4. The van der Waals surface area contributed by atoms with Gasteiger partial charge in [-0.2, -0.15) is 0 Å². The van der Waals surface area contributed by atoms with Crippen molar-refractivity contribution in [1.29, 1.82) is 0 Å². The van der Waals surface area contributed by atoms with Crippen LogP contribution in [0.2, 0.25) is 0 Å². The van der Waals surface area contributed by atoms with Gasteiger partial charge in [-0.3, -0.25) is 0 Å². The van der Waals surface area contributed by atoms with E-state index in [4.69, 9.17) is 0 Å². The lowest BCUT2D eigenvalue weighted by Crippen LogP contribution is -2.48. The Balaban J connectivity index is 0.881. The topological polar surface area (TPSA) is 3.24 Å². The van der Waals surface area contributed by atoms with Gasteiger partial charge < -0.3 is 4.90 Å². The molecule has 0 saturated heterocycles. The summed E-state index contributed by atoms with van der Waals surface area (Å²) in [6.45, 7) is 4.76. The number of anilines is 3. The molecule has 338 valence electrons. The number of fused-ring (bicyclic) bond motifs is 5. The summed E-state index contributed by atoms with van der Waals surface area (Å²) in [6, 6.07) is 82.6. The van der Waals surface area contributed by atoms with Crippen molar-refractivity contribution in [3.8, 4) is 55.6 Å². The van der Waals surface area contributed by atoms with Crippen LogP contribution in [0.5, 0.6) is 0 Å². The number of nitrogens with zero attached hydrogens (tertiary/aromatic N) is 1. The molecule has 0 aliphatic heterocycles. The molecule has 4 bridgehead atoms. The van der Waals surface area contributed by atoms with Gasteiger partial charge in [-0.05, 0) is 192 Å². The summed E-state index contributed by atoms with van der Waals surface area (Å²) in [5.41, 5.74) is 20.5. The minimum absolute atomic E-state index is 0.140. The molecule has 0 heterocycles. The first kappa shape index (κ1) is 41.5. The molecule has 70 heavy (non-hydrogen) atoms. The molecule has 0 atom stereocenters. The van der Waals surface area contributed by atoms with Gasteiger partial charge in [0.15, 0.2) is 0 Å². The van der Waals surface area contributed by atoms with Gasteiger partial charge in [-0.1, -0.05) is 190 Å². The molecule has 5 aliphatic carbocycles. The SMILES string of the molecule is CC1(C)c2ccccc2-c2ccc(N(c3ccc(-c4ccc5ccccc5c4)cc3)c3ccc(-c4ccc(-c5ccc(C67CC8CC(CC(C8)C6)C7)cc5)cc4)cc3-c3cccc4ccccc34)cc21. The van der Waals surface area contributed by atoms with Crippen molar-refractivity contribution in [2.24, 2.45) is 17.8 Å². The molecular formula is C69H57N. The maximum atomic E-state index is 2.50. The second-order valence-electron chi connectivity index (χ2n) is 22.0. The third-order valence-corrected chi connectivity index (χ3v) is 17.4. The minimum Gasteiger partial charge on any atom is -0.310 e. The van der Waals surface area contributed by atoms with Gasteiger partial charge >= 0.3 is 0 Å². The van der Waals surface area contributed by atoms with E-state index in [1.807, 2.05) is 0 Å². The van der Waals surface area contributed by atoms with E-state index < -0.39 is 0 Å². The van der Waals surface area contributed by atoms with E-state index in [9.17, 15) is 0 Å². The largest absolute Gasteiger partial charge is 0.310 e. The predicted molar refractivity (Wildman–Crippen MR) is 295 cm³/mol. The van der Waals surface area contributed by atoms with Crippen LogP contribution in [0.15, 0.2) is 218 Å². The molecule has 1 heteroatoms. The molecule has 0 N–H and O–H groups in total. The minimum atomic E-state index is -0.140. The van der Waals surface area contributed by atoms with E-state index in [2.05, 4.69) is 237 Å². The molecule has 0 spiro atoms. The van der Waals surface area contributed by atoms with Crippen LogP contribution in [0, 0.1) is 17.8 Å². The Labute approximate surface area is 413 Å². The average molecular weight is 900 g/mol. The van der Waals surface area contributed by atoms with Crippen LogP contribution in [0.4, 0.5) is 17.1 Å². The summed E-state index contributed by atoms with van der Waals surface area (Å²) in [7, 11) is 0. The lowest BCUT2D eigenvalue weighted by atomic mass is 9.48. The Morgan fingerprint density at radius 2 is 0.871 bits per heavy atom. The van der Waals surface area contributed by atoms with Gasteiger partial charge in [-0.25, -0.2) is 0 Å². The molecule has 0 aromatic heterocycles. The highest BCUT2D eigenvalue weighted by Crippen LogP contribution is 2.61. The Hall–Kier alpha value is -7.48. The summed E-state index contributed by atoms with van der Waals surface area (Å²) in [5, 5.41) is 4.99. The van der Waals surface area contributed by atoms with Gasteiger partial charge in [0, 0.05) is 22.4 Å². The van der Waals surface area contributed by atoms with Crippen molar-refractivity contribution in [3.63, 3.8) is 0 Å². The molecule has 5 aliphatic rings. The first-order chi connectivity index (χ1) is 34.3. The smallest absolute Gasteiger partial charge is 0.0540 e. The molecule has 10 aromatic rings. The lowest BCUT2D eigenvalue weighted by molar-refractivity contribution is -0.00518. The van der Waals surface area contributed by atoms with Crippen molar-refractivity contribution >= 4 is 38.6 Å². The molecule has 4 saturated carbocycles. The number of hydrogen-bond acceptors (Lipinski definition) is 1. The monoisotopic (exact) mass is 899 g/mol. The summed E-state index contributed by atoms with van der Waals surface area (Å²) < 4.78 is 0. The van der Waals surface area contributed by atoms with Crippen LogP contribution in [0.1, 0.15) is 69.1 Å². The van der Waals surface area contributed by atoms with Gasteiger partial charge in [0.05, 0.1) is 5.69 Å². The summed E-state index contributed by atoms with van der Waals surface area (Å²) in [5.74, 6) is 2.86. The fraction of sp³-hybridized carbons (Fsp3) is 0.188.